The number of esters is 1. The second kappa shape index (κ2) is 10.6. The van der Waals surface area contributed by atoms with Crippen LogP contribution in [0.1, 0.15) is 54.1 Å². The van der Waals surface area contributed by atoms with E-state index in [9.17, 15) is 18.8 Å². The Labute approximate surface area is 193 Å². The minimum atomic E-state index is -0.948. The van der Waals surface area contributed by atoms with Gasteiger partial charge in [0.25, 0.3) is 11.8 Å². The SMILES string of the molecule is O=C(O[C@H](C(=O)N1CCCCC1)c1ccccc1)C1CCN(C(=O)c2ccc(F)cc2)CC1. The molecule has 0 aliphatic carbocycles. The van der Waals surface area contributed by atoms with E-state index in [1.807, 2.05) is 30.3 Å². The van der Waals surface area contributed by atoms with Gasteiger partial charge in [0.15, 0.2) is 0 Å². The van der Waals surface area contributed by atoms with Crippen molar-refractivity contribution in [1.29, 1.82) is 0 Å². The van der Waals surface area contributed by atoms with Crippen molar-refractivity contribution in [3.05, 3.63) is 71.5 Å². The Bertz CT molecular complexity index is 966. The molecule has 174 valence electrons. The van der Waals surface area contributed by atoms with Gasteiger partial charge in [-0.1, -0.05) is 30.3 Å². The molecule has 2 aromatic rings. The molecule has 0 bridgehead atoms. The molecular weight excluding hydrogens is 423 g/mol. The Morgan fingerprint density at radius 3 is 2.09 bits per heavy atom. The maximum atomic E-state index is 13.2. The molecule has 1 atom stereocenters. The zero-order valence-electron chi connectivity index (χ0n) is 18.6. The van der Waals surface area contributed by atoms with Crippen molar-refractivity contribution in [3.8, 4) is 0 Å². The van der Waals surface area contributed by atoms with Gasteiger partial charge in [-0.2, -0.15) is 0 Å². The van der Waals surface area contributed by atoms with Crippen LogP contribution in [-0.4, -0.2) is 53.8 Å². The number of hydrogen-bond acceptors (Lipinski definition) is 4. The maximum absolute atomic E-state index is 13.2. The van der Waals surface area contributed by atoms with Crippen LogP contribution in [-0.2, 0) is 14.3 Å². The number of hydrogen-bond donors (Lipinski definition) is 0. The molecule has 0 unspecified atom stereocenters. The lowest BCUT2D eigenvalue weighted by atomic mass is 9.96. The van der Waals surface area contributed by atoms with Gasteiger partial charge in [-0.3, -0.25) is 14.4 Å². The third-order valence-corrected chi connectivity index (χ3v) is 6.44. The Kier molecular flexibility index (Phi) is 7.37. The Hall–Kier alpha value is -3.22. The fourth-order valence-corrected chi connectivity index (χ4v) is 4.47. The highest BCUT2D eigenvalue weighted by Gasteiger charge is 2.34. The first kappa shape index (κ1) is 23.0. The van der Waals surface area contributed by atoms with Crippen LogP contribution in [0.25, 0.3) is 0 Å². The van der Waals surface area contributed by atoms with E-state index < -0.39 is 12.1 Å². The van der Waals surface area contributed by atoms with Gasteiger partial charge in [-0.15, -0.1) is 0 Å². The highest BCUT2D eigenvalue weighted by Crippen LogP contribution is 2.27. The van der Waals surface area contributed by atoms with E-state index in [0.29, 0.717) is 50.1 Å². The number of likely N-dealkylation sites (tertiary alicyclic amines) is 2. The fraction of sp³-hybridized carbons (Fsp3) is 0.423. The molecule has 0 aromatic heterocycles. The first-order chi connectivity index (χ1) is 16.0. The molecule has 2 aromatic carbocycles. The highest BCUT2D eigenvalue weighted by molar-refractivity contribution is 5.94. The van der Waals surface area contributed by atoms with Gasteiger partial charge in [0.1, 0.15) is 5.82 Å². The first-order valence-corrected chi connectivity index (χ1v) is 11.6. The van der Waals surface area contributed by atoms with E-state index in [-0.39, 0.29) is 23.5 Å². The molecule has 2 aliphatic rings. The van der Waals surface area contributed by atoms with E-state index in [1.54, 1.807) is 9.80 Å². The summed E-state index contributed by atoms with van der Waals surface area (Å²) in [5.41, 5.74) is 1.10. The van der Waals surface area contributed by atoms with E-state index in [2.05, 4.69) is 0 Å². The molecule has 2 fully saturated rings. The van der Waals surface area contributed by atoms with Gasteiger partial charge in [-0.25, -0.2) is 4.39 Å². The zero-order valence-corrected chi connectivity index (χ0v) is 18.6. The molecular formula is C26H29FN2O4. The summed E-state index contributed by atoms with van der Waals surface area (Å²) in [4.78, 5) is 42.3. The molecule has 6 nitrogen and oxygen atoms in total. The topological polar surface area (TPSA) is 66.9 Å². The standard InChI is InChI=1S/C26H29FN2O4/c27-22-11-9-20(10-12-22)24(30)29-17-13-21(14-18-29)26(32)33-23(19-7-3-1-4-8-19)25(31)28-15-5-2-6-16-28/h1,3-4,7-12,21,23H,2,5-6,13-18H2/t23-/m0/s1. The fourth-order valence-electron chi connectivity index (χ4n) is 4.47. The quantitative estimate of drug-likeness (QED) is 0.644. The summed E-state index contributed by atoms with van der Waals surface area (Å²) in [7, 11) is 0. The Morgan fingerprint density at radius 2 is 1.45 bits per heavy atom. The monoisotopic (exact) mass is 452 g/mol. The van der Waals surface area contributed by atoms with Gasteiger partial charge in [0, 0.05) is 37.3 Å². The van der Waals surface area contributed by atoms with Gasteiger partial charge < -0.3 is 14.5 Å². The average Bonchev–Trinajstić information content (AvgIpc) is 2.88. The average molecular weight is 453 g/mol. The first-order valence-electron chi connectivity index (χ1n) is 11.6. The van der Waals surface area contributed by atoms with E-state index in [1.165, 1.54) is 24.3 Å². The summed E-state index contributed by atoms with van der Waals surface area (Å²) in [6, 6.07) is 14.6. The van der Waals surface area contributed by atoms with Gasteiger partial charge in [0.2, 0.25) is 6.10 Å². The van der Waals surface area contributed by atoms with E-state index in [0.717, 1.165) is 19.3 Å². The summed E-state index contributed by atoms with van der Waals surface area (Å²) in [5.74, 6) is -1.51. The number of benzene rings is 2. The molecule has 0 N–H and O–H groups in total. The summed E-state index contributed by atoms with van der Waals surface area (Å²) in [5, 5.41) is 0. The number of nitrogens with zero attached hydrogens (tertiary/aromatic N) is 2. The van der Waals surface area contributed by atoms with Crippen molar-refractivity contribution in [2.24, 2.45) is 5.92 Å². The van der Waals surface area contributed by atoms with Crippen LogP contribution in [0.3, 0.4) is 0 Å². The summed E-state index contributed by atoms with van der Waals surface area (Å²) >= 11 is 0. The van der Waals surface area contributed by atoms with Crippen molar-refractivity contribution < 1.29 is 23.5 Å². The van der Waals surface area contributed by atoms with Crippen molar-refractivity contribution in [2.75, 3.05) is 26.2 Å². The normalized spacial score (nSPS) is 18.0. The molecule has 2 amide bonds. The predicted molar refractivity (Wildman–Crippen MR) is 121 cm³/mol. The van der Waals surface area contributed by atoms with Crippen LogP contribution >= 0.6 is 0 Å². The molecule has 33 heavy (non-hydrogen) atoms. The molecule has 4 rings (SSSR count). The molecule has 0 radical (unpaired) electrons. The van der Waals surface area contributed by atoms with E-state index in [4.69, 9.17) is 4.74 Å². The Morgan fingerprint density at radius 1 is 0.818 bits per heavy atom. The van der Waals surface area contributed by atoms with Crippen LogP contribution in [0.2, 0.25) is 0 Å². The van der Waals surface area contributed by atoms with Gasteiger partial charge >= 0.3 is 5.97 Å². The number of rotatable bonds is 5. The third kappa shape index (κ3) is 5.59. The predicted octanol–water partition coefficient (Wildman–Crippen LogP) is 3.97. The number of carbonyl (C=O) groups is 3. The third-order valence-electron chi connectivity index (χ3n) is 6.44. The minimum Gasteiger partial charge on any atom is -0.447 e. The van der Waals surface area contributed by atoms with Crippen molar-refractivity contribution in [1.82, 2.24) is 9.80 Å². The number of ether oxygens (including phenoxy) is 1. The Balaban J connectivity index is 1.38. The smallest absolute Gasteiger partial charge is 0.310 e. The molecule has 0 saturated carbocycles. The number of piperidine rings is 2. The van der Waals surface area contributed by atoms with Crippen LogP contribution in [0, 0.1) is 11.7 Å². The van der Waals surface area contributed by atoms with Crippen LogP contribution in [0.5, 0.6) is 0 Å². The van der Waals surface area contributed by atoms with Crippen molar-refractivity contribution >= 4 is 17.8 Å². The second-order valence-corrected chi connectivity index (χ2v) is 8.69. The molecule has 2 saturated heterocycles. The van der Waals surface area contributed by atoms with Crippen LogP contribution in [0.4, 0.5) is 4.39 Å². The zero-order chi connectivity index (χ0) is 23.2. The highest BCUT2D eigenvalue weighted by atomic mass is 19.1. The largest absolute Gasteiger partial charge is 0.447 e. The lowest BCUT2D eigenvalue weighted by molar-refractivity contribution is -0.165. The summed E-state index contributed by atoms with van der Waals surface area (Å²) < 4.78 is 18.9. The minimum absolute atomic E-state index is 0.168. The lowest BCUT2D eigenvalue weighted by Gasteiger charge is -2.33. The number of amides is 2. The summed E-state index contributed by atoms with van der Waals surface area (Å²) in [6.45, 7) is 2.19. The summed E-state index contributed by atoms with van der Waals surface area (Å²) in [6.07, 6.45) is 3.00. The second-order valence-electron chi connectivity index (χ2n) is 8.69. The molecule has 2 heterocycles. The van der Waals surface area contributed by atoms with E-state index >= 15 is 0 Å². The van der Waals surface area contributed by atoms with Crippen molar-refractivity contribution in [2.45, 2.75) is 38.2 Å². The molecule has 2 aliphatic heterocycles. The number of carbonyl (C=O) groups excluding carboxylic acids is 3. The van der Waals surface area contributed by atoms with Gasteiger partial charge in [-0.05, 0) is 56.4 Å². The van der Waals surface area contributed by atoms with Gasteiger partial charge in [0.05, 0.1) is 5.92 Å². The lowest BCUT2D eigenvalue weighted by Crippen LogP contribution is -2.43. The van der Waals surface area contributed by atoms with Crippen LogP contribution in [0.15, 0.2) is 54.6 Å². The maximum Gasteiger partial charge on any atom is 0.310 e. The number of halogens is 1. The van der Waals surface area contributed by atoms with Crippen molar-refractivity contribution in [3.63, 3.8) is 0 Å². The van der Waals surface area contributed by atoms with Crippen LogP contribution < -0.4 is 0 Å². The molecule has 0 spiro atoms. The molecule has 7 heteroatoms.